The molecule has 1 heterocycles. The maximum Gasteiger partial charge on any atom is 0.260 e. The van der Waals surface area contributed by atoms with E-state index in [1.165, 1.54) is 13.4 Å². The second-order valence-electron chi connectivity index (χ2n) is 6.38. The molecule has 3 rings (SSSR count). The molecular weight excluding hydrogens is 370 g/mol. The molecule has 1 unspecified atom stereocenters. The maximum absolute atomic E-state index is 12.6. The van der Waals surface area contributed by atoms with Gasteiger partial charge in [-0.2, -0.15) is 10.4 Å². The van der Waals surface area contributed by atoms with Crippen molar-refractivity contribution in [3.63, 3.8) is 0 Å². The molecule has 0 aliphatic rings. The first-order chi connectivity index (χ1) is 14.0. The Labute approximate surface area is 168 Å². The number of carbonyl (C=O) groups excluding carboxylic acids is 1. The van der Waals surface area contributed by atoms with Gasteiger partial charge >= 0.3 is 0 Å². The fourth-order valence-corrected chi connectivity index (χ4v) is 2.78. The second kappa shape index (κ2) is 8.89. The molecule has 0 saturated carbocycles. The van der Waals surface area contributed by atoms with Crippen molar-refractivity contribution in [3.05, 3.63) is 66.2 Å². The van der Waals surface area contributed by atoms with Crippen molar-refractivity contribution >= 4 is 5.91 Å². The highest BCUT2D eigenvalue weighted by molar-refractivity contribution is 5.78. The number of carbonyl (C=O) groups is 1. The van der Waals surface area contributed by atoms with E-state index >= 15 is 0 Å². The molecule has 0 radical (unpaired) electrons. The van der Waals surface area contributed by atoms with Crippen LogP contribution in [-0.2, 0) is 4.79 Å². The number of ether oxygens (including phenoxy) is 2. The third-order valence-corrected chi connectivity index (χ3v) is 4.68. The summed E-state index contributed by atoms with van der Waals surface area (Å²) in [6.45, 7) is 1.81. The first-order valence-electron chi connectivity index (χ1n) is 8.95. The summed E-state index contributed by atoms with van der Waals surface area (Å²) in [4.78, 5) is 18.2. The second-order valence-corrected chi connectivity index (χ2v) is 6.38. The summed E-state index contributed by atoms with van der Waals surface area (Å²) in [5, 5.41) is 13.1. The van der Waals surface area contributed by atoms with Crippen LogP contribution in [-0.4, -0.2) is 46.3 Å². The van der Waals surface area contributed by atoms with Crippen LogP contribution in [0.1, 0.15) is 24.1 Å². The van der Waals surface area contributed by atoms with Crippen LogP contribution < -0.4 is 9.47 Å². The zero-order valence-electron chi connectivity index (χ0n) is 16.4. The number of hydrogen-bond acceptors (Lipinski definition) is 6. The van der Waals surface area contributed by atoms with Gasteiger partial charge in [-0.1, -0.05) is 12.1 Å². The molecule has 0 fully saturated rings. The van der Waals surface area contributed by atoms with E-state index in [1.54, 1.807) is 41.2 Å². The Hall–Kier alpha value is -3.86. The Kier molecular flexibility index (Phi) is 6.09. The number of rotatable bonds is 7. The van der Waals surface area contributed by atoms with Crippen LogP contribution in [0.2, 0.25) is 0 Å². The van der Waals surface area contributed by atoms with Crippen LogP contribution in [0.5, 0.6) is 11.5 Å². The van der Waals surface area contributed by atoms with Crippen molar-refractivity contribution in [1.82, 2.24) is 19.7 Å². The Bertz CT molecular complexity index is 1010. The van der Waals surface area contributed by atoms with E-state index in [0.717, 1.165) is 11.3 Å². The molecule has 3 aromatic rings. The Morgan fingerprint density at radius 2 is 2.00 bits per heavy atom. The lowest BCUT2D eigenvalue weighted by atomic mass is 10.1. The van der Waals surface area contributed by atoms with Crippen LogP contribution >= 0.6 is 0 Å². The number of nitriles is 1. The predicted molar refractivity (Wildman–Crippen MR) is 106 cm³/mol. The Morgan fingerprint density at radius 3 is 2.62 bits per heavy atom. The maximum atomic E-state index is 12.6. The van der Waals surface area contributed by atoms with Gasteiger partial charge in [0.15, 0.2) is 18.1 Å². The molecule has 2 aromatic carbocycles. The van der Waals surface area contributed by atoms with Gasteiger partial charge in [-0.05, 0) is 36.8 Å². The molecule has 1 amide bonds. The van der Waals surface area contributed by atoms with E-state index in [1.807, 2.05) is 37.3 Å². The fourth-order valence-electron chi connectivity index (χ4n) is 2.78. The fraction of sp³-hybridized carbons (Fsp3) is 0.238. The van der Waals surface area contributed by atoms with Crippen molar-refractivity contribution in [3.8, 4) is 23.3 Å². The average Bonchev–Trinajstić information content (AvgIpc) is 3.31. The lowest BCUT2D eigenvalue weighted by Gasteiger charge is -2.25. The molecule has 0 saturated heterocycles. The zero-order chi connectivity index (χ0) is 20.8. The minimum absolute atomic E-state index is 0.139. The van der Waals surface area contributed by atoms with Gasteiger partial charge in [0.2, 0.25) is 0 Å². The third kappa shape index (κ3) is 4.52. The van der Waals surface area contributed by atoms with Crippen LogP contribution in [0.25, 0.3) is 5.69 Å². The third-order valence-electron chi connectivity index (χ3n) is 4.68. The number of hydrogen-bond donors (Lipinski definition) is 0. The van der Waals surface area contributed by atoms with Gasteiger partial charge < -0.3 is 14.4 Å². The van der Waals surface area contributed by atoms with Crippen LogP contribution in [0.4, 0.5) is 0 Å². The van der Waals surface area contributed by atoms with Crippen molar-refractivity contribution in [2.75, 3.05) is 20.8 Å². The van der Waals surface area contributed by atoms with Crippen molar-refractivity contribution in [2.45, 2.75) is 13.0 Å². The molecule has 29 heavy (non-hydrogen) atoms. The number of amides is 1. The molecule has 8 nitrogen and oxygen atoms in total. The first kappa shape index (κ1) is 19.9. The van der Waals surface area contributed by atoms with Gasteiger partial charge in [0.05, 0.1) is 30.5 Å². The molecule has 0 aliphatic carbocycles. The van der Waals surface area contributed by atoms with Gasteiger partial charge in [-0.3, -0.25) is 4.79 Å². The van der Waals surface area contributed by atoms with Crippen LogP contribution in [0.15, 0.2) is 55.1 Å². The van der Waals surface area contributed by atoms with Crippen LogP contribution in [0, 0.1) is 11.3 Å². The number of benzene rings is 2. The van der Waals surface area contributed by atoms with Gasteiger partial charge in [-0.25, -0.2) is 9.67 Å². The van der Waals surface area contributed by atoms with Crippen molar-refractivity contribution in [1.29, 1.82) is 5.26 Å². The first-order valence-corrected chi connectivity index (χ1v) is 8.95. The highest BCUT2D eigenvalue weighted by Gasteiger charge is 2.19. The molecular formula is C21H21N5O3. The monoisotopic (exact) mass is 391 g/mol. The number of likely N-dealkylation sites (N-methyl/N-ethyl adjacent to an activating group) is 1. The minimum Gasteiger partial charge on any atom is -0.493 e. The Balaban J connectivity index is 1.63. The van der Waals surface area contributed by atoms with Crippen molar-refractivity contribution < 1.29 is 14.3 Å². The number of aromatic nitrogens is 3. The van der Waals surface area contributed by atoms with E-state index in [0.29, 0.717) is 17.1 Å². The number of methoxy groups -OCH3 is 1. The SMILES string of the molecule is COc1cc(C#N)ccc1OCC(=O)N(C)C(C)c1ccc(-n2cncn2)cc1. The zero-order valence-corrected chi connectivity index (χ0v) is 16.4. The van der Waals surface area contributed by atoms with E-state index in [-0.39, 0.29) is 18.6 Å². The molecule has 0 spiro atoms. The molecule has 148 valence electrons. The summed E-state index contributed by atoms with van der Waals surface area (Å²) in [6, 6.07) is 14.5. The van der Waals surface area contributed by atoms with Gasteiger partial charge in [0.1, 0.15) is 12.7 Å². The van der Waals surface area contributed by atoms with Gasteiger partial charge in [0, 0.05) is 13.1 Å². The molecule has 1 atom stereocenters. The van der Waals surface area contributed by atoms with E-state index < -0.39 is 0 Å². The summed E-state index contributed by atoms with van der Waals surface area (Å²) < 4.78 is 12.5. The lowest BCUT2D eigenvalue weighted by molar-refractivity contribution is -0.134. The molecule has 0 N–H and O–H groups in total. The molecule has 1 aromatic heterocycles. The largest absolute Gasteiger partial charge is 0.493 e. The molecule has 8 heteroatoms. The van der Waals surface area contributed by atoms with Crippen molar-refractivity contribution in [2.24, 2.45) is 0 Å². The summed E-state index contributed by atoms with van der Waals surface area (Å²) in [6.07, 6.45) is 3.11. The summed E-state index contributed by atoms with van der Waals surface area (Å²) in [5.41, 5.74) is 2.34. The molecule has 0 bridgehead atoms. The summed E-state index contributed by atoms with van der Waals surface area (Å²) in [7, 11) is 3.22. The van der Waals surface area contributed by atoms with Gasteiger partial charge in [0.25, 0.3) is 5.91 Å². The lowest BCUT2D eigenvalue weighted by Crippen LogP contribution is -2.33. The minimum atomic E-state index is -0.177. The Morgan fingerprint density at radius 1 is 1.24 bits per heavy atom. The smallest absolute Gasteiger partial charge is 0.260 e. The van der Waals surface area contributed by atoms with Gasteiger partial charge in [-0.15, -0.1) is 0 Å². The van der Waals surface area contributed by atoms with E-state index in [9.17, 15) is 4.79 Å². The van der Waals surface area contributed by atoms with E-state index in [4.69, 9.17) is 14.7 Å². The summed E-state index contributed by atoms with van der Waals surface area (Å²) >= 11 is 0. The topological polar surface area (TPSA) is 93.3 Å². The van der Waals surface area contributed by atoms with E-state index in [2.05, 4.69) is 10.1 Å². The standard InChI is InChI=1S/C21H21N5O3/c1-15(17-5-7-18(8-6-17)26-14-23-13-24-26)25(2)21(27)12-29-19-9-4-16(11-22)10-20(19)28-3/h4-10,13-15H,12H2,1-3H3. The van der Waals surface area contributed by atoms with Crippen LogP contribution in [0.3, 0.4) is 0 Å². The predicted octanol–water partition coefficient (Wildman–Crippen LogP) is 2.75. The number of nitrogens with zero attached hydrogens (tertiary/aromatic N) is 5. The highest BCUT2D eigenvalue weighted by atomic mass is 16.5. The summed E-state index contributed by atoms with van der Waals surface area (Å²) in [5.74, 6) is 0.651. The quantitative estimate of drug-likeness (QED) is 0.615. The average molecular weight is 391 g/mol. The normalized spacial score (nSPS) is 11.4. The molecule has 0 aliphatic heterocycles. The highest BCUT2D eigenvalue weighted by Crippen LogP contribution is 2.28.